The number of H-pyrrole nitrogens is 1. The van der Waals surface area contributed by atoms with Gasteiger partial charge < -0.3 is 4.98 Å². The number of nitrogens with zero attached hydrogens (tertiary/aromatic N) is 3. The predicted molar refractivity (Wildman–Crippen MR) is 116 cm³/mol. The van der Waals surface area contributed by atoms with Gasteiger partial charge >= 0.3 is 0 Å². The average molecular weight is 351 g/mol. The van der Waals surface area contributed by atoms with Crippen molar-refractivity contribution in [1.29, 1.82) is 10.8 Å². The van der Waals surface area contributed by atoms with E-state index in [2.05, 4.69) is 83.2 Å². The van der Waals surface area contributed by atoms with Gasteiger partial charge in [0.15, 0.2) is 0 Å². The third-order valence-electron chi connectivity index (χ3n) is 2.61. The van der Waals surface area contributed by atoms with Crippen molar-refractivity contribution in [2.45, 2.75) is 27.2 Å². The molecule has 0 aliphatic rings. The van der Waals surface area contributed by atoms with Gasteiger partial charge in [0.2, 0.25) is 0 Å². The molecular formula is C22H30N4. The molecule has 1 aromatic carbocycles. The lowest BCUT2D eigenvalue weighted by Crippen LogP contribution is -1.95. The Kier molecular flexibility index (Phi) is 12.2. The summed E-state index contributed by atoms with van der Waals surface area (Å²) in [6.45, 7) is 6.11. The van der Waals surface area contributed by atoms with Crippen molar-refractivity contribution in [3.63, 3.8) is 0 Å². The lowest BCUT2D eigenvalue weighted by molar-refractivity contribution is 0.627. The molecule has 4 heteroatoms. The van der Waals surface area contributed by atoms with Crippen LogP contribution in [0.3, 0.4) is 0 Å². The number of aromatic amines is 1. The van der Waals surface area contributed by atoms with Gasteiger partial charge in [-0.1, -0.05) is 31.9 Å². The summed E-state index contributed by atoms with van der Waals surface area (Å²) in [5.74, 6) is 23.7. The van der Waals surface area contributed by atoms with Crippen LogP contribution in [0.2, 0.25) is 0 Å². The highest BCUT2D eigenvalue weighted by Crippen LogP contribution is 2.12. The number of fused-ring (bicyclic) bond motifs is 1. The molecule has 0 atom stereocenters. The number of terminal acetylenes is 1. The molecule has 2 rings (SSSR count). The lowest BCUT2D eigenvalue weighted by Gasteiger charge is -1.98. The number of rotatable bonds is 2. The molecule has 0 unspecified atom stereocenters. The first kappa shape index (κ1) is 21.9. The summed E-state index contributed by atoms with van der Waals surface area (Å²) in [6, 6.07) is 8.14. The molecule has 1 N–H and O–H groups in total. The van der Waals surface area contributed by atoms with Crippen LogP contribution in [0.15, 0.2) is 24.3 Å². The zero-order valence-corrected chi connectivity index (χ0v) is 15.0. The average Bonchev–Trinajstić information content (AvgIpc) is 3.05. The van der Waals surface area contributed by atoms with Crippen molar-refractivity contribution >= 4 is 11.0 Å². The largest absolute Gasteiger partial charge is 0.342 e. The Bertz CT molecular complexity index is 991. The van der Waals surface area contributed by atoms with Crippen LogP contribution in [-0.4, -0.2) is 9.97 Å². The summed E-state index contributed by atoms with van der Waals surface area (Å²) < 4.78 is 0. The highest BCUT2D eigenvalue weighted by atomic mass is 14.9. The first-order valence-electron chi connectivity index (χ1n) is 7.68. The summed E-state index contributed by atoms with van der Waals surface area (Å²) >= 11 is 0. The van der Waals surface area contributed by atoms with Crippen LogP contribution < -0.4 is 0 Å². The highest BCUT2D eigenvalue weighted by molar-refractivity contribution is 5.74. The van der Waals surface area contributed by atoms with E-state index in [1.807, 2.05) is 18.2 Å². The fourth-order valence-corrected chi connectivity index (χ4v) is 1.74. The van der Waals surface area contributed by atoms with Gasteiger partial charge in [-0.2, -0.15) is 0 Å². The summed E-state index contributed by atoms with van der Waals surface area (Å²) in [5, 5.41) is 12.0. The molecule has 2 aromatic rings. The van der Waals surface area contributed by atoms with Crippen molar-refractivity contribution in [3.05, 3.63) is 30.1 Å². The van der Waals surface area contributed by atoms with E-state index < -0.39 is 0 Å². The maximum atomic E-state index is 6.00. The van der Waals surface area contributed by atoms with Gasteiger partial charge in [-0.3, -0.25) is 0 Å². The Labute approximate surface area is 164 Å². The van der Waals surface area contributed by atoms with Gasteiger partial charge in [0, 0.05) is 25.8 Å². The SMILES string of the molecule is C#CC#CC#CC#CC#CC.CC(C)Cc1nc2ccccc2[nH]1.N#N.[HH].[HH].[HH].[HH].[HH].[HH]. The number of hydrogen-bond donors (Lipinski definition) is 1. The molecule has 0 saturated carbocycles. The van der Waals surface area contributed by atoms with Gasteiger partial charge in [0.05, 0.1) is 11.0 Å². The third kappa shape index (κ3) is 9.83. The molecule has 0 bridgehead atoms. The lowest BCUT2D eigenvalue weighted by atomic mass is 10.1. The van der Waals surface area contributed by atoms with Crippen LogP contribution in [0.4, 0.5) is 0 Å². The van der Waals surface area contributed by atoms with Crippen molar-refractivity contribution in [1.82, 2.24) is 9.97 Å². The molecule has 1 heterocycles. The van der Waals surface area contributed by atoms with Crippen LogP contribution in [0.1, 0.15) is 35.2 Å². The molecule has 26 heavy (non-hydrogen) atoms. The number of para-hydroxylation sites is 2. The minimum atomic E-state index is 0. The molecule has 138 valence electrons. The summed E-state index contributed by atoms with van der Waals surface area (Å²) in [5.41, 5.74) is 2.20. The second-order valence-electron chi connectivity index (χ2n) is 5.07. The van der Waals surface area contributed by atoms with Crippen LogP contribution in [0, 0.1) is 76.4 Å². The summed E-state index contributed by atoms with van der Waals surface area (Å²) in [4.78, 5) is 7.81. The molecule has 0 aliphatic carbocycles. The Morgan fingerprint density at radius 3 is 2.15 bits per heavy atom. The van der Waals surface area contributed by atoms with E-state index in [1.54, 1.807) is 6.92 Å². The molecule has 0 radical (unpaired) electrons. The second-order valence-corrected chi connectivity index (χ2v) is 5.07. The van der Waals surface area contributed by atoms with Gasteiger partial charge in [0.25, 0.3) is 0 Å². The zero-order valence-electron chi connectivity index (χ0n) is 15.0. The second kappa shape index (κ2) is 14.5. The molecule has 0 amide bonds. The third-order valence-corrected chi connectivity index (χ3v) is 2.61. The quantitative estimate of drug-likeness (QED) is 0.617. The Morgan fingerprint density at radius 2 is 1.62 bits per heavy atom. The maximum Gasteiger partial charge on any atom is 0.107 e. The Balaban J connectivity index is -0.0000000623. The van der Waals surface area contributed by atoms with Gasteiger partial charge in [-0.25, -0.2) is 4.98 Å². The van der Waals surface area contributed by atoms with Crippen molar-refractivity contribution in [2.24, 2.45) is 5.92 Å². The standard InChI is InChI=1S/C11H14N2.C11H4.N2.6H2/c1-8(2)7-11-12-9-5-3-4-6-10(9)13-11;1-3-5-7-9-11-10-8-6-4-2;1-2;;;;;;/h3-6,8H,7H2,1-2H3,(H,12,13);1H,2H3;;6*1H. The summed E-state index contributed by atoms with van der Waals surface area (Å²) in [7, 11) is 0. The summed E-state index contributed by atoms with van der Waals surface area (Å²) in [6.07, 6.45) is 5.86. The van der Waals surface area contributed by atoms with Gasteiger partial charge in [-0.05, 0) is 72.3 Å². The molecule has 1 aromatic heterocycles. The van der Waals surface area contributed by atoms with E-state index in [4.69, 9.17) is 17.2 Å². The van der Waals surface area contributed by atoms with Crippen molar-refractivity contribution in [3.8, 4) is 59.7 Å². The van der Waals surface area contributed by atoms with Crippen LogP contribution >= 0.6 is 0 Å². The van der Waals surface area contributed by atoms with Crippen molar-refractivity contribution in [2.75, 3.05) is 0 Å². The van der Waals surface area contributed by atoms with Crippen LogP contribution in [0.5, 0.6) is 0 Å². The highest BCUT2D eigenvalue weighted by Gasteiger charge is 2.03. The van der Waals surface area contributed by atoms with Crippen molar-refractivity contribution < 1.29 is 8.56 Å². The van der Waals surface area contributed by atoms with Gasteiger partial charge in [0.1, 0.15) is 5.82 Å². The van der Waals surface area contributed by atoms with E-state index in [9.17, 15) is 0 Å². The van der Waals surface area contributed by atoms with E-state index in [1.165, 1.54) is 0 Å². The van der Waals surface area contributed by atoms with Crippen LogP contribution in [0.25, 0.3) is 11.0 Å². The van der Waals surface area contributed by atoms with Crippen LogP contribution in [-0.2, 0) is 6.42 Å². The first-order chi connectivity index (χ1) is 12.7. The maximum absolute atomic E-state index is 6.00. The zero-order chi connectivity index (χ0) is 19.6. The van der Waals surface area contributed by atoms with E-state index in [-0.39, 0.29) is 8.56 Å². The number of hydrogen-bond acceptors (Lipinski definition) is 3. The Hall–Kier alpha value is -4.09. The minimum Gasteiger partial charge on any atom is -0.342 e. The number of benzene rings is 1. The first-order valence-corrected chi connectivity index (χ1v) is 7.68. The molecule has 0 fully saturated rings. The monoisotopic (exact) mass is 350 g/mol. The minimum absolute atomic E-state index is 0. The predicted octanol–water partition coefficient (Wildman–Crippen LogP) is 4.92. The topological polar surface area (TPSA) is 76.3 Å². The number of nitrogens with one attached hydrogen (secondary N) is 1. The van der Waals surface area contributed by atoms with E-state index >= 15 is 0 Å². The molecule has 0 aliphatic heterocycles. The van der Waals surface area contributed by atoms with Gasteiger partial charge in [-0.15, -0.1) is 6.42 Å². The molecule has 0 saturated heterocycles. The Morgan fingerprint density at radius 1 is 1.04 bits per heavy atom. The molecule has 4 nitrogen and oxygen atoms in total. The molecular weight excluding hydrogens is 320 g/mol. The normalized spacial score (nSPS) is 7.27. The fourth-order valence-electron chi connectivity index (χ4n) is 1.74. The fraction of sp³-hybridized carbons (Fsp3) is 0.227. The van der Waals surface area contributed by atoms with E-state index in [0.29, 0.717) is 5.92 Å². The smallest absolute Gasteiger partial charge is 0.107 e. The van der Waals surface area contributed by atoms with E-state index in [0.717, 1.165) is 23.3 Å². The number of imidazole rings is 1. The molecule has 0 spiro atoms. The number of aromatic nitrogens is 2.